The van der Waals surface area contributed by atoms with E-state index in [1.165, 1.54) is 5.56 Å². The van der Waals surface area contributed by atoms with Crippen molar-refractivity contribution >= 4 is 0 Å². The first kappa shape index (κ1) is 20.0. The molecular formula is C21H30N6O2. The molecule has 2 aromatic rings. The van der Waals surface area contributed by atoms with E-state index in [1.807, 2.05) is 22.9 Å². The monoisotopic (exact) mass is 398 g/mol. The van der Waals surface area contributed by atoms with Crippen molar-refractivity contribution in [2.75, 3.05) is 46.4 Å². The van der Waals surface area contributed by atoms with Crippen LogP contribution in [0.2, 0.25) is 0 Å². The van der Waals surface area contributed by atoms with Gasteiger partial charge in [-0.2, -0.15) is 0 Å². The quantitative estimate of drug-likeness (QED) is 0.628. The van der Waals surface area contributed by atoms with Gasteiger partial charge in [0.05, 0.1) is 25.8 Å². The average molecular weight is 399 g/mol. The third kappa shape index (κ3) is 4.66. The summed E-state index contributed by atoms with van der Waals surface area (Å²) in [6.07, 6.45) is 4.33. The molecular weight excluding hydrogens is 368 g/mol. The summed E-state index contributed by atoms with van der Waals surface area (Å²) in [5.74, 6) is 1.73. The van der Waals surface area contributed by atoms with Crippen LogP contribution in [0.3, 0.4) is 0 Å². The van der Waals surface area contributed by atoms with Crippen molar-refractivity contribution in [3.05, 3.63) is 48.3 Å². The Balaban J connectivity index is 1.60. The molecule has 0 spiro atoms. The molecule has 2 atom stereocenters. The van der Waals surface area contributed by atoms with Gasteiger partial charge in [0.15, 0.2) is 5.82 Å². The van der Waals surface area contributed by atoms with E-state index in [2.05, 4.69) is 44.0 Å². The molecule has 0 N–H and O–H groups in total. The highest BCUT2D eigenvalue weighted by Gasteiger charge is 2.31. The van der Waals surface area contributed by atoms with Crippen molar-refractivity contribution in [3.8, 4) is 5.75 Å². The van der Waals surface area contributed by atoms with Gasteiger partial charge >= 0.3 is 0 Å². The minimum atomic E-state index is 0.00295. The zero-order chi connectivity index (χ0) is 20.1. The summed E-state index contributed by atoms with van der Waals surface area (Å²) in [6.45, 7) is 10.2. The smallest absolute Gasteiger partial charge is 0.173 e. The number of aromatic nitrogens is 4. The highest BCUT2D eigenvalue weighted by Crippen LogP contribution is 2.30. The first-order valence-electron chi connectivity index (χ1n) is 10.4. The van der Waals surface area contributed by atoms with Crippen LogP contribution in [0.1, 0.15) is 30.3 Å². The first-order chi connectivity index (χ1) is 14.3. The fraction of sp³-hybridized carbons (Fsp3) is 0.571. The minimum Gasteiger partial charge on any atom is -0.497 e. The Kier molecular flexibility index (Phi) is 6.53. The summed E-state index contributed by atoms with van der Waals surface area (Å²) in [5, 5.41) is 12.8. The van der Waals surface area contributed by atoms with E-state index in [0.29, 0.717) is 6.54 Å². The van der Waals surface area contributed by atoms with Crippen molar-refractivity contribution in [2.45, 2.75) is 31.5 Å². The van der Waals surface area contributed by atoms with Crippen LogP contribution < -0.4 is 4.74 Å². The lowest BCUT2D eigenvalue weighted by atomic mass is 10.0. The van der Waals surface area contributed by atoms with Crippen LogP contribution >= 0.6 is 0 Å². The number of tetrazole rings is 1. The second-order valence-corrected chi connectivity index (χ2v) is 7.66. The largest absolute Gasteiger partial charge is 0.497 e. The zero-order valence-electron chi connectivity index (χ0n) is 17.1. The van der Waals surface area contributed by atoms with Crippen molar-refractivity contribution in [2.24, 2.45) is 0 Å². The van der Waals surface area contributed by atoms with Gasteiger partial charge in [0.25, 0.3) is 0 Å². The van der Waals surface area contributed by atoms with Gasteiger partial charge in [-0.05, 0) is 41.0 Å². The Morgan fingerprint density at radius 3 is 2.69 bits per heavy atom. The van der Waals surface area contributed by atoms with Crippen LogP contribution in [0.15, 0.2) is 36.9 Å². The summed E-state index contributed by atoms with van der Waals surface area (Å²) in [6, 6.07) is 8.24. The van der Waals surface area contributed by atoms with Gasteiger partial charge in [0, 0.05) is 39.3 Å². The van der Waals surface area contributed by atoms with Crippen LogP contribution in [0, 0.1) is 0 Å². The van der Waals surface area contributed by atoms with Gasteiger partial charge in [0.1, 0.15) is 5.75 Å². The molecule has 2 aliphatic rings. The van der Waals surface area contributed by atoms with Crippen LogP contribution in [0.25, 0.3) is 0 Å². The molecule has 2 unspecified atom stereocenters. The predicted octanol–water partition coefficient (Wildman–Crippen LogP) is 1.75. The van der Waals surface area contributed by atoms with Crippen molar-refractivity contribution in [1.82, 2.24) is 30.0 Å². The van der Waals surface area contributed by atoms with E-state index in [9.17, 15) is 0 Å². The number of hydrogen-bond donors (Lipinski definition) is 0. The fourth-order valence-electron chi connectivity index (χ4n) is 4.21. The Labute approximate surface area is 172 Å². The molecule has 2 saturated heterocycles. The molecule has 0 bridgehead atoms. The topological polar surface area (TPSA) is 68.5 Å². The Morgan fingerprint density at radius 1 is 1.24 bits per heavy atom. The molecule has 156 valence electrons. The highest BCUT2D eigenvalue weighted by atomic mass is 16.5. The van der Waals surface area contributed by atoms with Gasteiger partial charge in [-0.1, -0.05) is 18.2 Å². The standard InChI is InChI=1S/C21H30N6O2/c1-3-10-25-11-13-26(14-12-25)20(17-6-8-18(28-2)9-7-17)21-22-23-24-27(21)16-19-5-4-15-29-19/h3,6-9,19-20H,1,4-5,10-16H2,2H3. The summed E-state index contributed by atoms with van der Waals surface area (Å²) < 4.78 is 13.1. The fourth-order valence-corrected chi connectivity index (χ4v) is 4.21. The van der Waals surface area contributed by atoms with Crippen molar-refractivity contribution in [1.29, 1.82) is 0 Å². The Hall–Kier alpha value is -2.29. The number of piperazine rings is 1. The van der Waals surface area contributed by atoms with Crippen LogP contribution in [-0.4, -0.2) is 82.6 Å². The number of ether oxygens (including phenoxy) is 2. The maximum absolute atomic E-state index is 5.82. The van der Waals surface area contributed by atoms with Gasteiger partial charge in [0.2, 0.25) is 0 Å². The Bertz CT molecular complexity index is 779. The summed E-state index contributed by atoms with van der Waals surface area (Å²) >= 11 is 0. The van der Waals surface area contributed by atoms with Gasteiger partial charge in [-0.15, -0.1) is 11.7 Å². The summed E-state index contributed by atoms with van der Waals surface area (Å²) in [7, 11) is 1.69. The normalized spacial score (nSPS) is 21.9. The maximum atomic E-state index is 5.82. The second-order valence-electron chi connectivity index (χ2n) is 7.66. The Morgan fingerprint density at radius 2 is 2.03 bits per heavy atom. The van der Waals surface area contributed by atoms with Gasteiger partial charge in [-0.3, -0.25) is 9.80 Å². The van der Waals surface area contributed by atoms with E-state index in [1.54, 1.807) is 7.11 Å². The molecule has 29 heavy (non-hydrogen) atoms. The minimum absolute atomic E-state index is 0.00295. The van der Waals surface area contributed by atoms with Crippen molar-refractivity contribution < 1.29 is 9.47 Å². The van der Waals surface area contributed by atoms with E-state index in [0.717, 1.165) is 63.7 Å². The molecule has 2 aliphatic heterocycles. The maximum Gasteiger partial charge on any atom is 0.173 e. The molecule has 0 radical (unpaired) electrons. The average Bonchev–Trinajstić information content (AvgIpc) is 3.43. The summed E-state index contributed by atoms with van der Waals surface area (Å²) in [4.78, 5) is 4.89. The van der Waals surface area contributed by atoms with Gasteiger partial charge in [-0.25, -0.2) is 4.68 Å². The van der Waals surface area contributed by atoms with E-state index >= 15 is 0 Å². The lowest BCUT2D eigenvalue weighted by Gasteiger charge is -2.38. The lowest BCUT2D eigenvalue weighted by Crippen LogP contribution is -2.48. The van der Waals surface area contributed by atoms with E-state index < -0.39 is 0 Å². The van der Waals surface area contributed by atoms with Crippen molar-refractivity contribution in [3.63, 3.8) is 0 Å². The first-order valence-corrected chi connectivity index (χ1v) is 10.4. The number of hydrogen-bond acceptors (Lipinski definition) is 7. The van der Waals surface area contributed by atoms with Crippen LogP contribution in [0.4, 0.5) is 0 Å². The molecule has 8 nitrogen and oxygen atoms in total. The molecule has 1 aromatic carbocycles. The lowest BCUT2D eigenvalue weighted by molar-refractivity contribution is 0.0868. The molecule has 8 heteroatoms. The zero-order valence-corrected chi connectivity index (χ0v) is 17.1. The van der Waals surface area contributed by atoms with Crippen LogP contribution in [0.5, 0.6) is 5.75 Å². The molecule has 0 amide bonds. The number of benzene rings is 1. The van der Waals surface area contributed by atoms with Crippen LogP contribution in [-0.2, 0) is 11.3 Å². The number of nitrogens with zero attached hydrogens (tertiary/aromatic N) is 6. The predicted molar refractivity (Wildman–Crippen MR) is 110 cm³/mol. The molecule has 0 saturated carbocycles. The number of methoxy groups -OCH3 is 1. The highest BCUT2D eigenvalue weighted by molar-refractivity contribution is 5.32. The molecule has 3 heterocycles. The molecule has 0 aliphatic carbocycles. The molecule has 1 aromatic heterocycles. The number of rotatable bonds is 8. The summed E-state index contributed by atoms with van der Waals surface area (Å²) in [5.41, 5.74) is 1.17. The second kappa shape index (κ2) is 9.47. The van der Waals surface area contributed by atoms with E-state index in [-0.39, 0.29) is 12.1 Å². The molecule has 4 rings (SSSR count). The van der Waals surface area contributed by atoms with E-state index in [4.69, 9.17) is 9.47 Å². The third-order valence-electron chi connectivity index (χ3n) is 5.80. The van der Waals surface area contributed by atoms with Gasteiger partial charge < -0.3 is 9.47 Å². The SMILES string of the molecule is C=CCN1CCN(C(c2ccc(OC)cc2)c2nnnn2CC2CCCO2)CC1. The molecule has 2 fully saturated rings. The third-order valence-corrected chi connectivity index (χ3v) is 5.80.